The summed E-state index contributed by atoms with van der Waals surface area (Å²) in [5.41, 5.74) is 5.92. The molecule has 124 valence electrons. The molecule has 0 fully saturated rings. The van der Waals surface area contributed by atoms with Crippen molar-refractivity contribution in [3.05, 3.63) is 87.7 Å². The van der Waals surface area contributed by atoms with Crippen LogP contribution in [0.15, 0.2) is 59.7 Å². The predicted molar refractivity (Wildman–Crippen MR) is 97.8 cm³/mol. The monoisotopic (exact) mass is 330 g/mol. The summed E-state index contributed by atoms with van der Waals surface area (Å²) >= 11 is 0. The second-order valence-electron chi connectivity index (χ2n) is 6.16. The molecule has 4 rings (SSSR count). The zero-order valence-corrected chi connectivity index (χ0v) is 14.2. The molecule has 0 bridgehead atoms. The molecule has 4 aromatic rings. The fraction of sp³-hybridized carbons (Fsp3) is 0.150. The molecule has 0 aliphatic heterocycles. The van der Waals surface area contributed by atoms with Crippen LogP contribution >= 0.6 is 0 Å². The van der Waals surface area contributed by atoms with Gasteiger partial charge < -0.3 is 0 Å². The van der Waals surface area contributed by atoms with Crippen LogP contribution in [0.25, 0.3) is 16.8 Å². The Morgan fingerprint density at radius 3 is 2.60 bits per heavy atom. The summed E-state index contributed by atoms with van der Waals surface area (Å²) in [6.45, 7) is 3.84. The molecule has 3 heterocycles. The van der Waals surface area contributed by atoms with Crippen molar-refractivity contribution >= 4 is 5.65 Å². The van der Waals surface area contributed by atoms with Gasteiger partial charge in [-0.05, 0) is 25.5 Å². The Labute approximate surface area is 145 Å². The van der Waals surface area contributed by atoms with E-state index in [1.807, 2.05) is 56.3 Å². The lowest BCUT2D eigenvalue weighted by atomic mass is 10.0. The SMILES string of the molecule is Cc1nc2c(-c3cccnc3)c(C)[nH]n2c(=O)c1Cc1ccccc1. The van der Waals surface area contributed by atoms with Crippen molar-refractivity contribution < 1.29 is 0 Å². The number of hydrogen-bond acceptors (Lipinski definition) is 3. The van der Waals surface area contributed by atoms with Gasteiger partial charge in [-0.3, -0.25) is 14.9 Å². The molecule has 5 heteroatoms. The summed E-state index contributed by atoms with van der Waals surface area (Å²) in [6.07, 6.45) is 4.09. The Morgan fingerprint density at radius 1 is 1.08 bits per heavy atom. The van der Waals surface area contributed by atoms with Gasteiger partial charge in [0.1, 0.15) is 0 Å². The van der Waals surface area contributed by atoms with Gasteiger partial charge in [0.2, 0.25) is 0 Å². The maximum Gasteiger partial charge on any atom is 0.276 e. The number of nitrogens with one attached hydrogen (secondary N) is 1. The highest BCUT2D eigenvalue weighted by Crippen LogP contribution is 2.26. The standard InChI is InChI=1S/C20H18N4O/c1-13-17(11-15-7-4-3-5-8-15)20(25)24-19(22-13)18(14(2)23-24)16-9-6-10-21-12-16/h3-10,12,23H,11H2,1-2H3. The van der Waals surface area contributed by atoms with E-state index in [0.29, 0.717) is 17.6 Å². The van der Waals surface area contributed by atoms with Crippen LogP contribution in [0.2, 0.25) is 0 Å². The molecular weight excluding hydrogens is 312 g/mol. The lowest BCUT2D eigenvalue weighted by Crippen LogP contribution is -2.22. The zero-order valence-electron chi connectivity index (χ0n) is 14.2. The van der Waals surface area contributed by atoms with Crippen molar-refractivity contribution in [1.82, 2.24) is 19.6 Å². The molecule has 0 radical (unpaired) electrons. The number of H-pyrrole nitrogens is 1. The van der Waals surface area contributed by atoms with Gasteiger partial charge in [0.05, 0.1) is 0 Å². The van der Waals surface area contributed by atoms with Crippen LogP contribution in [0.1, 0.15) is 22.5 Å². The third kappa shape index (κ3) is 2.63. The molecule has 0 amide bonds. The number of nitrogens with zero attached hydrogens (tertiary/aromatic N) is 3. The molecule has 1 aromatic carbocycles. The van der Waals surface area contributed by atoms with E-state index in [9.17, 15) is 4.79 Å². The zero-order chi connectivity index (χ0) is 17.4. The van der Waals surface area contributed by atoms with E-state index < -0.39 is 0 Å². The van der Waals surface area contributed by atoms with Crippen LogP contribution in [0.5, 0.6) is 0 Å². The van der Waals surface area contributed by atoms with E-state index >= 15 is 0 Å². The van der Waals surface area contributed by atoms with E-state index in [1.54, 1.807) is 16.9 Å². The highest BCUT2D eigenvalue weighted by Gasteiger charge is 2.17. The van der Waals surface area contributed by atoms with Crippen LogP contribution < -0.4 is 5.56 Å². The van der Waals surface area contributed by atoms with Crippen molar-refractivity contribution in [2.75, 3.05) is 0 Å². The Kier molecular flexibility index (Phi) is 3.69. The van der Waals surface area contributed by atoms with Gasteiger partial charge in [0, 0.05) is 46.9 Å². The highest BCUT2D eigenvalue weighted by molar-refractivity contribution is 5.79. The number of pyridine rings is 1. The fourth-order valence-electron chi connectivity index (χ4n) is 3.18. The minimum absolute atomic E-state index is 0.0513. The van der Waals surface area contributed by atoms with Gasteiger partial charge in [-0.15, -0.1) is 0 Å². The summed E-state index contributed by atoms with van der Waals surface area (Å²) in [5, 5.41) is 3.16. The number of hydrogen-bond donors (Lipinski definition) is 1. The number of fused-ring (bicyclic) bond motifs is 1. The van der Waals surface area contributed by atoms with E-state index in [0.717, 1.165) is 28.1 Å². The third-order valence-electron chi connectivity index (χ3n) is 4.44. The predicted octanol–water partition coefficient (Wildman–Crippen LogP) is 3.29. The van der Waals surface area contributed by atoms with E-state index in [2.05, 4.69) is 10.1 Å². The van der Waals surface area contributed by atoms with Crippen molar-refractivity contribution in [2.24, 2.45) is 0 Å². The van der Waals surface area contributed by atoms with Gasteiger partial charge in [-0.25, -0.2) is 9.50 Å². The minimum atomic E-state index is -0.0513. The Hall–Kier alpha value is -3.21. The molecule has 3 aromatic heterocycles. The second-order valence-corrected chi connectivity index (χ2v) is 6.16. The summed E-state index contributed by atoms with van der Waals surface area (Å²) < 4.78 is 1.54. The molecule has 25 heavy (non-hydrogen) atoms. The molecule has 5 nitrogen and oxygen atoms in total. The van der Waals surface area contributed by atoms with E-state index in [1.165, 1.54) is 0 Å². The van der Waals surface area contributed by atoms with Crippen molar-refractivity contribution in [3.63, 3.8) is 0 Å². The summed E-state index contributed by atoms with van der Waals surface area (Å²) in [6, 6.07) is 13.8. The van der Waals surface area contributed by atoms with Crippen molar-refractivity contribution in [1.29, 1.82) is 0 Å². The van der Waals surface area contributed by atoms with Crippen LogP contribution in [0, 0.1) is 13.8 Å². The average molecular weight is 330 g/mol. The molecular formula is C20H18N4O. The Balaban J connectivity index is 1.91. The van der Waals surface area contributed by atoms with Crippen molar-refractivity contribution in [3.8, 4) is 11.1 Å². The Morgan fingerprint density at radius 2 is 1.88 bits per heavy atom. The fourth-order valence-corrected chi connectivity index (χ4v) is 3.18. The number of aromatic nitrogens is 4. The average Bonchev–Trinajstić information content (AvgIpc) is 2.96. The topological polar surface area (TPSA) is 63.1 Å². The molecule has 1 N–H and O–H groups in total. The third-order valence-corrected chi connectivity index (χ3v) is 4.44. The first-order chi connectivity index (χ1) is 12.1. The Bertz CT molecular complexity index is 1100. The minimum Gasteiger partial charge on any atom is -0.293 e. The van der Waals surface area contributed by atoms with Crippen LogP contribution in [-0.2, 0) is 6.42 Å². The molecule has 0 unspecified atom stereocenters. The molecule has 0 saturated carbocycles. The van der Waals surface area contributed by atoms with E-state index in [4.69, 9.17) is 4.98 Å². The first-order valence-electron chi connectivity index (χ1n) is 8.20. The molecule has 0 atom stereocenters. The number of aryl methyl sites for hydroxylation is 2. The van der Waals surface area contributed by atoms with Crippen LogP contribution in [0.4, 0.5) is 0 Å². The maximum absolute atomic E-state index is 13.0. The van der Waals surface area contributed by atoms with Gasteiger partial charge >= 0.3 is 0 Å². The molecule has 0 aliphatic rings. The number of benzene rings is 1. The molecule has 0 saturated heterocycles. The van der Waals surface area contributed by atoms with Gasteiger partial charge in [-0.1, -0.05) is 36.4 Å². The highest BCUT2D eigenvalue weighted by atomic mass is 16.1. The lowest BCUT2D eigenvalue weighted by Gasteiger charge is -2.06. The second kappa shape index (κ2) is 6.02. The first kappa shape index (κ1) is 15.3. The largest absolute Gasteiger partial charge is 0.293 e. The van der Waals surface area contributed by atoms with E-state index in [-0.39, 0.29) is 5.56 Å². The first-order valence-corrected chi connectivity index (χ1v) is 8.20. The number of aromatic amines is 1. The number of rotatable bonds is 3. The quantitative estimate of drug-likeness (QED) is 0.627. The smallest absolute Gasteiger partial charge is 0.276 e. The summed E-state index contributed by atoms with van der Waals surface area (Å²) in [5.74, 6) is 0. The molecule has 0 spiro atoms. The summed E-state index contributed by atoms with van der Waals surface area (Å²) in [7, 11) is 0. The van der Waals surface area contributed by atoms with Crippen LogP contribution in [0.3, 0.4) is 0 Å². The normalized spacial score (nSPS) is 11.1. The van der Waals surface area contributed by atoms with Crippen molar-refractivity contribution in [2.45, 2.75) is 20.3 Å². The van der Waals surface area contributed by atoms with Gasteiger partial charge in [-0.2, -0.15) is 0 Å². The van der Waals surface area contributed by atoms with Gasteiger partial charge in [0.15, 0.2) is 5.65 Å². The maximum atomic E-state index is 13.0. The van der Waals surface area contributed by atoms with Crippen LogP contribution in [-0.4, -0.2) is 19.6 Å². The summed E-state index contributed by atoms with van der Waals surface area (Å²) in [4.78, 5) is 21.9. The van der Waals surface area contributed by atoms with Gasteiger partial charge in [0.25, 0.3) is 5.56 Å². The molecule has 0 aliphatic carbocycles. The lowest BCUT2D eigenvalue weighted by molar-refractivity contribution is 0.847.